The number of hydrogen-bond donors (Lipinski definition) is 0. The number of hydrogen-bond acceptors (Lipinski definition) is 1. The topological polar surface area (TPSA) is 13.1 Å². The fourth-order valence-corrected chi connectivity index (χ4v) is 3.71. The minimum atomic E-state index is -0.0834. The quantitative estimate of drug-likeness (QED) is 0.581. The van der Waals surface area contributed by atoms with Crippen molar-refractivity contribution in [2.24, 2.45) is 7.05 Å². The summed E-state index contributed by atoms with van der Waals surface area (Å²) in [6.45, 7) is 6.70. The normalized spacial score (nSPS) is 14.5. The second kappa shape index (κ2) is 5.20. The van der Waals surface area contributed by atoms with Crippen LogP contribution >= 0.6 is 0 Å². The minimum absolute atomic E-state index is 0.0834. The largest absolute Gasteiger partial charge is 0.456 e. The fourth-order valence-electron chi connectivity index (χ4n) is 3.71. The number of rotatable bonds is 1. The van der Waals surface area contributed by atoms with Gasteiger partial charge in [0.15, 0.2) is 6.20 Å². The van der Waals surface area contributed by atoms with Gasteiger partial charge in [0.05, 0.1) is 5.56 Å². The second-order valence-corrected chi connectivity index (χ2v) is 7.05. The van der Waals surface area contributed by atoms with Crippen molar-refractivity contribution < 1.29 is 9.30 Å². The first-order valence-corrected chi connectivity index (χ1v) is 8.36. The van der Waals surface area contributed by atoms with Crippen molar-refractivity contribution in [3.8, 4) is 22.8 Å². The summed E-state index contributed by atoms with van der Waals surface area (Å²) < 4.78 is 8.57. The summed E-state index contributed by atoms with van der Waals surface area (Å²) in [7, 11) is 2.08. The number of para-hydroxylation sites is 1. The summed E-state index contributed by atoms with van der Waals surface area (Å²) in [5, 5.41) is 0. The minimum Gasteiger partial charge on any atom is -0.456 e. The number of fused-ring (bicyclic) bond motifs is 2. The van der Waals surface area contributed by atoms with Gasteiger partial charge >= 0.3 is 0 Å². The molecule has 0 unspecified atom stereocenters. The highest BCUT2D eigenvalue weighted by Gasteiger charge is 2.36. The van der Waals surface area contributed by atoms with Gasteiger partial charge in [-0.1, -0.05) is 44.2 Å². The van der Waals surface area contributed by atoms with Gasteiger partial charge in [-0.15, -0.1) is 0 Å². The maximum absolute atomic E-state index is 6.42. The van der Waals surface area contributed by atoms with Crippen LogP contribution in [0.4, 0.5) is 0 Å². The molecule has 0 N–H and O–H groups in total. The molecule has 24 heavy (non-hydrogen) atoms. The molecule has 0 amide bonds. The standard InChI is InChI=1S/C22H22NO/c1-15-12-13-17-21(20(15)18-10-7-8-14-23(18)4)24-19-11-6-5-9-16(19)22(17,2)3/h5-14H,1-4H3/q+1. The van der Waals surface area contributed by atoms with Crippen molar-refractivity contribution in [2.75, 3.05) is 0 Å². The first-order chi connectivity index (χ1) is 11.5. The van der Waals surface area contributed by atoms with E-state index in [-0.39, 0.29) is 5.41 Å². The average Bonchev–Trinajstić information content (AvgIpc) is 2.56. The smallest absolute Gasteiger partial charge is 0.216 e. The van der Waals surface area contributed by atoms with Crippen molar-refractivity contribution in [3.05, 3.63) is 77.5 Å². The van der Waals surface area contributed by atoms with E-state index >= 15 is 0 Å². The van der Waals surface area contributed by atoms with E-state index in [9.17, 15) is 0 Å². The number of benzene rings is 2. The third-order valence-electron chi connectivity index (χ3n) is 5.12. The van der Waals surface area contributed by atoms with E-state index in [1.807, 2.05) is 12.1 Å². The summed E-state index contributed by atoms with van der Waals surface area (Å²) in [6.07, 6.45) is 2.08. The zero-order valence-electron chi connectivity index (χ0n) is 14.6. The lowest BCUT2D eigenvalue weighted by Gasteiger charge is -2.35. The molecule has 1 aliphatic heterocycles. The van der Waals surface area contributed by atoms with Gasteiger partial charge in [0.2, 0.25) is 5.69 Å². The van der Waals surface area contributed by atoms with Crippen LogP contribution in [-0.2, 0) is 12.5 Å². The molecule has 2 heterocycles. The van der Waals surface area contributed by atoms with E-state index in [1.165, 1.54) is 27.9 Å². The Labute approximate surface area is 143 Å². The van der Waals surface area contributed by atoms with Gasteiger partial charge in [-0.05, 0) is 24.6 Å². The lowest BCUT2D eigenvalue weighted by molar-refractivity contribution is -0.660. The van der Waals surface area contributed by atoms with Crippen molar-refractivity contribution in [1.82, 2.24) is 0 Å². The van der Waals surface area contributed by atoms with E-state index in [2.05, 4.69) is 81.0 Å². The first-order valence-electron chi connectivity index (χ1n) is 8.36. The molecule has 2 aromatic carbocycles. The van der Waals surface area contributed by atoms with E-state index < -0.39 is 0 Å². The average molecular weight is 316 g/mol. The molecule has 0 aliphatic carbocycles. The molecule has 2 nitrogen and oxygen atoms in total. The highest BCUT2D eigenvalue weighted by Crippen LogP contribution is 2.51. The number of aryl methyl sites for hydroxylation is 2. The molecule has 3 aromatic rings. The Morgan fingerprint density at radius 2 is 1.62 bits per heavy atom. The molecule has 0 saturated heterocycles. The lowest BCUT2D eigenvalue weighted by atomic mass is 9.74. The maximum atomic E-state index is 6.42. The molecular formula is C22H22NO+. The zero-order valence-corrected chi connectivity index (χ0v) is 14.6. The summed E-state index contributed by atoms with van der Waals surface area (Å²) in [4.78, 5) is 0. The molecule has 0 bridgehead atoms. The molecule has 120 valence electrons. The molecule has 0 atom stereocenters. The maximum Gasteiger partial charge on any atom is 0.216 e. The Morgan fingerprint density at radius 1 is 0.875 bits per heavy atom. The van der Waals surface area contributed by atoms with Crippen LogP contribution in [0.2, 0.25) is 0 Å². The number of aromatic nitrogens is 1. The van der Waals surface area contributed by atoms with Gasteiger partial charge in [-0.2, -0.15) is 0 Å². The monoisotopic (exact) mass is 316 g/mol. The predicted octanol–water partition coefficient (Wildman–Crippen LogP) is 4.92. The molecule has 0 radical (unpaired) electrons. The van der Waals surface area contributed by atoms with E-state index in [0.717, 1.165) is 11.5 Å². The van der Waals surface area contributed by atoms with Crippen LogP contribution in [0.25, 0.3) is 11.3 Å². The van der Waals surface area contributed by atoms with Crippen LogP contribution in [0.1, 0.15) is 30.5 Å². The van der Waals surface area contributed by atoms with Crippen molar-refractivity contribution in [3.63, 3.8) is 0 Å². The number of pyridine rings is 1. The van der Waals surface area contributed by atoms with Gasteiger partial charge in [-0.3, -0.25) is 0 Å². The number of nitrogens with zero attached hydrogens (tertiary/aromatic N) is 1. The van der Waals surface area contributed by atoms with Crippen molar-refractivity contribution >= 4 is 0 Å². The van der Waals surface area contributed by atoms with Gasteiger partial charge < -0.3 is 4.74 Å². The van der Waals surface area contributed by atoms with Crippen LogP contribution in [0.5, 0.6) is 11.5 Å². The zero-order chi connectivity index (χ0) is 16.9. The fraction of sp³-hybridized carbons (Fsp3) is 0.227. The van der Waals surface area contributed by atoms with Crippen LogP contribution in [-0.4, -0.2) is 0 Å². The predicted molar refractivity (Wildman–Crippen MR) is 96.4 cm³/mol. The van der Waals surface area contributed by atoms with E-state index in [4.69, 9.17) is 4.74 Å². The molecule has 0 spiro atoms. The Morgan fingerprint density at radius 3 is 2.42 bits per heavy atom. The Kier molecular flexibility index (Phi) is 3.24. The van der Waals surface area contributed by atoms with Gasteiger partial charge in [-0.25, -0.2) is 4.57 Å². The molecule has 2 heteroatoms. The van der Waals surface area contributed by atoms with Gasteiger partial charge in [0.25, 0.3) is 0 Å². The summed E-state index contributed by atoms with van der Waals surface area (Å²) in [6, 6.07) is 19.1. The molecular weight excluding hydrogens is 294 g/mol. The summed E-state index contributed by atoms with van der Waals surface area (Å²) >= 11 is 0. The summed E-state index contributed by atoms with van der Waals surface area (Å²) in [5.41, 5.74) is 5.97. The Bertz CT molecular complexity index is 940. The van der Waals surface area contributed by atoms with E-state index in [1.54, 1.807) is 0 Å². The second-order valence-electron chi connectivity index (χ2n) is 7.05. The van der Waals surface area contributed by atoms with Crippen molar-refractivity contribution in [1.29, 1.82) is 0 Å². The van der Waals surface area contributed by atoms with Crippen molar-refractivity contribution in [2.45, 2.75) is 26.2 Å². The van der Waals surface area contributed by atoms with Crippen LogP contribution in [0.3, 0.4) is 0 Å². The highest BCUT2D eigenvalue weighted by molar-refractivity contribution is 5.75. The van der Waals surface area contributed by atoms with Gasteiger partial charge in [0, 0.05) is 28.7 Å². The molecule has 1 aromatic heterocycles. The van der Waals surface area contributed by atoms with Crippen LogP contribution in [0.15, 0.2) is 60.8 Å². The van der Waals surface area contributed by atoms with Crippen LogP contribution < -0.4 is 9.30 Å². The molecule has 0 saturated carbocycles. The van der Waals surface area contributed by atoms with Crippen LogP contribution in [0, 0.1) is 6.92 Å². The highest BCUT2D eigenvalue weighted by atomic mass is 16.5. The third-order valence-corrected chi connectivity index (χ3v) is 5.12. The number of ether oxygens (including phenoxy) is 1. The summed E-state index contributed by atoms with van der Waals surface area (Å²) in [5.74, 6) is 1.95. The SMILES string of the molecule is Cc1ccc2c(c1-c1cccc[n+]1C)Oc1ccccc1C2(C)C. The molecule has 4 rings (SSSR count). The molecule has 0 fully saturated rings. The Hall–Kier alpha value is -2.61. The first kappa shape index (κ1) is 14.9. The Balaban J connectivity index is 2.03. The molecule has 1 aliphatic rings. The van der Waals surface area contributed by atoms with E-state index in [0.29, 0.717) is 0 Å². The van der Waals surface area contributed by atoms with Gasteiger partial charge in [0.1, 0.15) is 18.5 Å². The third kappa shape index (κ3) is 2.06. The lowest BCUT2D eigenvalue weighted by Crippen LogP contribution is -2.31.